The predicted molar refractivity (Wildman–Crippen MR) is 53.7 cm³/mol. The first kappa shape index (κ1) is 9.78. The van der Waals surface area contributed by atoms with E-state index in [0.29, 0.717) is 0 Å². The Labute approximate surface area is 79.2 Å². The van der Waals surface area contributed by atoms with Gasteiger partial charge in [-0.2, -0.15) is 0 Å². The van der Waals surface area contributed by atoms with Gasteiger partial charge in [-0.05, 0) is 32.4 Å². The molecule has 0 aliphatic carbocycles. The summed E-state index contributed by atoms with van der Waals surface area (Å²) in [5.41, 5.74) is 1.96. The van der Waals surface area contributed by atoms with Gasteiger partial charge in [0.2, 0.25) is 0 Å². The maximum absolute atomic E-state index is 5.14. The largest absolute Gasteiger partial charge is 0.393 e. The summed E-state index contributed by atoms with van der Waals surface area (Å²) in [6.07, 6.45) is 0.130. The molecule has 0 aromatic heterocycles. The first-order chi connectivity index (χ1) is 6.20. The molecule has 0 aliphatic heterocycles. The zero-order valence-corrected chi connectivity index (χ0v) is 8.24. The van der Waals surface area contributed by atoms with Crippen LogP contribution in [0.4, 0.5) is 0 Å². The summed E-state index contributed by atoms with van der Waals surface area (Å²) in [4.78, 5) is 5.14. The molecule has 0 amide bonds. The molecule has 0 saturated heterocycles. The van der Waals surface area contributed by atoms with Crippen LogP contribution in [0.1, 0.15) is 26.3 Å². The summed E-state index contributed by atoms with van der Waals surface area (Å²) in [6, 6.07) is 10.6. The van der Waals surface area contributed by atoms with Crippen molar-refractivity contribution in [3.05, 3.63) is 35.9 Å². The van der Waals surface area contributed by atoms with Gasteiger partial charge in [0, 0.05) is 0 Å². The van der Waals surface area contributed by atoms with Crippen molar-refractivity contribution in [2.75, 3.05) is 0 Å². The minimum absolute atomic E-state index is 0.130. The molecule has 0 bridgehead atoms. The molecule has 0 aliphatic rings. The number of oxime groups is 1. The molecule has 0 N–H and O–H groups in total. The van der Waals surface area contributed by atoms with E-state index in [1.807, 2.05) is 45.0 Å². The Morgan fingerprint density at radius 1 is 1.38 bits per heavy atom. The molecule has 0 spiro atoms. The molecule has 0 heterocycles. The van der Waals surface area contributed by atoms with Gasteiger partial charge in [-0.25, -0.2) is 0 Å². The summed E-state index contributed by atoms with van der Waals surface area (Å²) >= 11 is 0. The summed E-state index contributed by atoms with van der Waals surface area (Å²) in [7, 11) is 0. The number of hydrogen-bond donors (Lipinski definition) is 0. The quantitative estimate of drug-likeness (QED) is 0.512. The van der Waals surface area contributed by atoms with Gasteiger partial charge in [-0.3, -0.25) is 0 Å². The molecule has 1 radical (unpaired) electrons. The second-order valence-electron chi connectivity index (χ2n) is 3.12. The molecule has 69 valence electrons. The van der Waals surface area contributed by atoms with E-state index in [1.165, 1.54) is 0 Å². The van der Waals surface area contributed by atoms with Crippen LogP contribution in [0.15, 0.2) is 29.4 Å². The molecule has 0 fully saturated rings. The zero-order chi connectivity index (χ0) is 9.68. The van der Waals surface area contributed by atoms with E-state index in [1.54, 1.807) is 0 Å². The van der Waals surface area contributed by atoms with E-state index in [9.17, 15) is 0 Å². The highest BCUT2D eigenvalue weighted by molar-refractivity contribution is 5.98. The molecular weight excluding hydrogens is 162 g/mol. The summed E-state index contributed by atoms with van der Waals surface area (Å²) in [6.45, 7) is 5.84. The van der Waals surface area contributed by atoms with E-state index in [-0.39, 0.29) is 6.10 Å². The van der Waals surface area contributed by atoms with Gasteiger partial charge in [-0.15, -0.1) is 0 Å². The van der Waals surface area contributed by atoms with Gasteiger partial charge in [0.1, 0.15) is 6.10 Å². The lowest BCUT2D eigenvalue weighted by atomic mass is 10.1. The van der Waals surface area contributed by atoms with Crippen LogP contribution in [-0.4, -0.2) is 11.8 Å². The molecule has 1 aromatic carbocycles. The third kappa shape index (κ3) is 3.28. The fourth-order valence-electron chi connectivity index (χ4n) is 0.865. The standard InChI is InChI=1S/C11H14NO/c1-9(2)13-12-10(3)11-7-5-4-6-8-11/h5-9H,1-3H3/b12-10-. The van der Waals surface area contributed by atoms with Crippen molar-refractivity contribution in [2.24, 2.45) is 5.16 Å². The lowest BCUT2D eigenvalue weighted by molar-refractivity contribution is 0.0860. The zero-order valence-electron chi connectivity index (χ0n) is 8.24. The third-order valence-electron chi connectivity index (χ3n) is 1.54. The highest BCUT2D eigenvalue weighted by Crippen LogP contribution is 2.01. The molecule has 0 atom stereocenters. The van der Waals surface area contributed by atoms with Crippen LogP contribution < -0.4 is 0 Å². The average Bonchev–Trinajstić information content (AvgIpc) is 2.15. The Morgan fingerprint density at radius 3 is 2.54 bits per heavy atom. The lowest BCUT2D eigenvalue weighted by Gasteiger charge is -2.04. The molecule has 2 heteroatoms. The smallest absolute Gasteiger partial charge is 0.122 e. The molecule has 2 nitrogen and oxygen atoms in total. The van der Waals surface area contributed by atoms with Crippen LogP contribution in [0.2, 0.25) is 0 Å². The fourth-order valence-corrected chi connectivity index (χ4v) is 0.865. The van der Waals surface area contributed by atoms with Gasteiger partial charge in [-0.1, -0.05) is 29.4 Å². The van der Waals surface area contributed by atoms with Crippen LogP contribution >= 0.6 is 0 Å². The summed E-state index contributed by atoms with van der Waals surface area (Å²) in [5, 5.41) is 4.00. The summed E-state index contributed by atoms with van der Waals surface area (Å²) in [5.74, 6) is 0. The van der Waals surface area contributed by atoms with Crippen molar-refractivity contribution < 1.29 is 4.84 Å². The average molecular weight is 176 g/mol. The number of hydrogen-bond acceptors (Lipinski definition) is 2. The fraction of sp³-hybridized carbons (Fsp3) is 0.364. The Bertz CT molecular complexity index is 277. The first-order valence-corrected chi connectivity index (χ1v) is 4.37. The van der Waals surface area contributed by atoms with Crippen LogP contribution in [0.3, 0.4) is 0 Å². The second kappa shape index (κ2) is 4.65. The minimum Gasteiger partial charge on any atom is -0.393 e. The van der Waals surface area contributed by atoms with Crippen molar-refractivity contribution in [1.82, 2.24) is 0 Å². The van der Waals surface area contributed by atoms with E-state index < -0.39 is 0 Å². The second-order valence-corrected chi connectivity index (χ2v) is 3.12. The van der Waals surface area contributed by atoms with E-state index >= 15 is 0 Å². The van der Waals surface area contributed by atoms with E-state index in [2.05, 4.69) is 11.2 Å². The molecule has 1 rings (SSSR count). The maximum atomic E-state index is 5.14. The van der Waals surface area contributed by atoms with Crippen molar-refractivity contribution >= 4 is 5.71 Å². The van der Waals surface area contributed by atoms with Gasteiger partial charge in [0.15, 0.2) is 0 Å². The van der Waals surface area contributed by atoms with Crippen molar-refractivity contribution in [3.63, 3.8) is 0 Å². The molecule has 1 aromatic rings. The lowest BCUT2D eigenvalue weighted by Crippen LogP contribution is -2.01. The van der Waals surface area contributed by atoms with Crippen molar-refractivity contribution in [2.45, 2.75) is 26.9 Å². The van der Waals surface area contributed by atoms with Crippen LogP contribution in [0.25, 0.3) is 0 Å². The van der Waals surface area contributed by atoms with Gasteiger partial charge < -0.3 is 4.84 Å². The Balaban J connectivity index is 2.68. The predicted octanol–water partition coefficient (Wildman–Crippen LogP) is 2.64. The van der Waals surface area contributed by atoms with Crippen LogP contribution in [0.5, 0.6) is 0 Å². The summed E-state index contributed by atoms with van der Waals surface area (Å²) < 4.78 is 0. The van der Waals surface area contributed by atoms with Crippen LogP contribution in [-0.2, 0) is 4.84 Å². The normalized spacial score (nSPS) is 11.8. The monoisotopic (exact) mass is 176 g/mol. The maximum Gasteiger partial charge on any atom is 0.122 e. The highest BCUT2D eigenvalue weighted by atomic mass is 16.6. The van der Waals surface area contributed by atoms with Crippen molar-refractivity contribution in [1.29, 1.82) is 0 Å². The van der Waals surface area contributed by atoms with Crippen LogP contribution in [0, 0.1) is 6.07 Å². The van der Waals surface area contributed by atoms with Gasteiger partial charge >= 0.3 is 0 Å². The number of rotatable bonds is 3. The third-order valence-corrected chi connectivity index (χ3v) is 1.54. The molecular formula is C11H14NO. The Morgan fingerprint density at radius 2 is 2.00 bits per heavy atom. The Kier molecular flexibility index (Phi) is 3.50. The van der Waals surface area contributed by atoms with Gasteiger partial charge in [0.05, 0.1) is 5.71 Å². The topological polar surface area (TPSA) is 21.6 Å². The SMILES string of the molecule is C/C(=N/OC(C)C)c1cc[c]cc1. The molecule has 0 saturated carbocycles. The van der Waals surface area contributed by atoms with E-state index in [0.717, 1.165) is 11.3 Å². The highest BCUT2D eigenvalue weighted by Gasteiger charge is 1.96. The Hall–Kier alpha value is -1.31. The van der Waals surface area contributed by atoms with Gasteiger partial charge in [0.25, 0.3) is 0 Å². The molecule has 0 unspecified atom stereocenters. The van der Waals surface area contributed by atoms with E-state index in [4.69, 9.17) is 4.84 Å². The number of benzene rings is 1. The van der Waals surface area contributed by atoms with Crippen molar-refractivity contribution in [3.8, 4) is 0 Å². The first-order valence-electron chi connectivity index (χ1n) is 4.37. The molecule has 13 heavy (non-hydrogen) atoms. The minimum atomic E-state index is 0.130. The number of nitrogens with zero attached hydrogens (tertiary/aromatic N) is 1.